The van der Waals surface area contributed by atoms with Gasteiger partial charge < -0.3 is 4.74 Å². The average molecular weight is 287 g/mol. The molecule has 2 aromatic rings. The number of carbonyl (C=O) groups is 1. The smallest absolute Gasteiger partial charge is 0.372 e. The van der Waals surface area contributed by atoms with Gasteiger partial charge in [-0.25, -0.2) is 4.79 Å². The first-order valence-corrected chi connectivity index (χ1v) is 6.49. The van der Waals surface area contributed by atoms with Crippen LogP contribution in [0.1, 0.15) is 6.92 Å². The fourth-order valence-electron chi connectivity index (χ4n) is 1.91. The van der Waals surface area contributed by atoms with Gasteiger partial charge in [0.1, 0.15) is 0 Å². The summed E-state index contributed by atoms with van der Waals surface area (Å²) in [7, 11) is 0. The number of ether oxygens (including phenoxy) is 1. The van der Waals surface area contributed by atoms with Crippen LogP contribution in [0, 0.1) is 10.1 Å². The molecule has 0 saturated heterocycles. The Morgan fingerprint density at radius 1 is 1.24 bits per heavy atom. The lowest BCUT2D eigenvalue weighted by molar-refractivity contribution is -0.685. The summed E-state index contributed by atoms with van der Waals surface area (Å²) in [6, 6.07) is 10.0. The van der Waals surface area contributed by atoms with Crippen LogP contribution in [0.5, 0.6) is 0 Å². The number of carbonyl (C=O) groups excluding carboxylic acids is 1. The lowest BCUT2D eigenvalue weighted by Gasteiger charge is -2.02. The van der Waals surface area contributed by atoms with E-state index < -0.39 is 4.92 Å². The number of nitro benzene ring substituents is 1. The van der Waals surface area contributed by atoms with Crippen LogP contribution in [0.15, 0.2) is 48.8 Å². The lowest BCUT2D eigenvalue weighted by atomic mass is 10.1. The summed E-state index contributed by atoms with van der Waals surface area (Å²) in [6.07, 6.45) is 3.48. The van der Waals surface area contributed by atoms with Crippen LogP contribution in [0.2, 0.25) is 0 Å². The predicted molar refractivity (Wildman–Crippen MR) is 75.4 cm³/mol. The van der Waals surface area contributed by atoms with E-state index in [-0.39, 0.29) is 18.2 Å². The molecule has 0 aliphatic carbocycles. The third kappa shape index (κ3) is 3.85. The van der Waals surface area contributed by atoms with Crippen LogP contribution in [0.25, 0.3) is 11.1 Å². The first-order chi connectivity index (χ1) is 10.1. The van der Waals surface area contributed by atoms with E-state index in [4.69, 9.17) is 4.74 Å². The monoisotopic (exact) mass is 287 g/mol. The Bertz CT molecular complexity index is 653. The minimum atomic E-state index is -0.423. The number of nitro groups is 1. The zero-order valence-corrected chi connectivity index (χ0v) is 11.6. The summed E-state index contributed by atoms with van der Waals surface area (Å²) in [5.74, 6) is -0.300. The highest BCUT2D eigenvalue weighted by molar-refractivity contribution is 5.68. The van der Waals surface area contributed by atoms with Crippen LogP contribution in [0.4, 0.5) is 5.69 Å². The maximum atomic E-state index is 11.4. The molecule has 0 aliphatic rings. The highest BCUT2D eigenvalue weighted by Gasteiger charge is 2.11. The van der Waals surface area contributed by atoms with E-state index in [0.29, 0.717) is 6.61 Å². The quantitative estimate of drug-likeness (QED) is 0.365. The zero-order valence-electron chi connectivity index (χ0n) is 11.6. The molecule has 0 N–H and O–H groups in total. The number of nitrogens with zero attached hydrogens (tertiary/aromatic N) is 2. The van der Waals surface area contributed by atoms with Crippen molar-refractivity contribution in [1.29, 1.82) is 0 Å². The topological polar surface area (TPSA) is 73.3 Å². The molecule has 1 aromatic carbocycles. The number of benzene rings is 1. The average Bonchev–Trinajstić information content (AvgIpc) is 2.48. The number of rotatable bonds is 5. The molecule has 0 spiro atoms. The lowest BCUT2D eigenvalue weighted by Crippen LogP contribution is -2.37. The number of hydrogen-bond donors (Lipinski definition) is 0. The number of non-ortho nitro benzene ring substituents is 1. The van der Waals surface area contributed by atoms with Crippen LogP contribution < -0.4 is 4.57 Å². The van der Waals surface area contributed by atoms with Crippen molar-refractivity contribution in [2.24, 2.45) is 0 Å². The van der Waals surface area contributed by atoms with Gasteiger partial charge in [-0.3, -0.25) is 10.1 Å². The molecule has 0 aliphatic heterocycles. The molecule has 0 unspecified atom stereocenters. The van der Waals surface area contributed by atoms with Gasteiger partial charge in [0, 0.05) is 24.3 Å². The third-order valence-corrected chi connectivity index (χ3v) is 2.90. The first-order valence-electron chi connectivity index (χ1n) is 6.49. The van der Waals surface area contributed by atoms with Crippen molar-refractivity contribution in [3.05, 3.63) is 58.9 Å². The molecule has 0 radical (unpaired) electrons. The van der Waals surface area contributed by atoms with Crippen LogP contribution >= 0.6 is 0 Å². The van der Waals surface area contributed by atoms with Gasteiger partial charge in [0.2, 0.25) is 6.54 Å². The molecule has 108 valence electrons. The Balaban J connectivity index is 2.17. The van der Waals surface area contributed by atoms with E-state index in [1.165, 1.54) is 12.1 Å². The molecule has 21 heavy (non-hydrogen) atoms. The van der Waals surface area contributed by atoms with Crippen molar-refractivity contribution in [3.8, 4) is 11.1 Å². The van der Waals surface area contributed by atoms with Crippen LogP contribution in [-0.2, 0) is 16.1 Å². The summed E-state index contributed by atoms with van der Waals surface area (Å²) in [5.41, 5.74) is 1.65. The summed E-state index contributed by atoms with van der Waals surface area (Å²) in [6.45, 7) is 2.25. The van der Waals surface area contributed by atoms with Crippen molar-refractivity contribution in [1.82, 2.24) is 0 Å². The Morgan fingerprint density at radius 2 is 1.95 bits per heavy atom. The molecule has 6 heteroatoms. The summed E-state index contributed by atoms with van der Waals surface area (Å²) in [4.78, 5) is 21.7. The fraction of sp³-hybridized carbons (Fsp3) is 0.200. The van der Waals surface area contributed by atoms with E-state index in [1.807, 2.05) is 0 Å². The Morgan fingerprint density at radius 3 is 2.57 bits per heavy atom. The highest BCUT2D eigenvalue weighted by atomic mass is 16.6. The Labute approximate surface area is 121 Å². The number of esters is 1. The molecular formula is C15H15N2O4+. The van der Waals surface area contributed by atoms with Crippen LogP contribution in [0.3, 0.4) is 0 Å². The van der Waals surface area contributed by atoms with Gasteiger partial charge in [0.25, 0.3) is 5.69 Å². The van der Waals surface area contributed by atoms with Crippen molar-refractivity contribution in [2.75, 3.05) is 6.61 Å². The van der Waals surface area contributed by atoms with E-state index in [1.54, 1.807) is 48.1 Å². The van der Waals surface area contributed by atoms with Gasteiger partial charge in [0.05, 0.1) is 11.5 Å². The van der Waals surface area contributed by atoms with Gasteiger partial charge in [-0.2, -0.15) is 4.57 Å². The second-order valence-corrected chi connectivity index (χ2v) is 4.37. The number of pyridine rings is 1. The molecule has 6 nitrogen and oxygen atoms in total. The zero-order chi connectivity index (χ0) is 15.2. The molecule has 1 heterocycles. The van der Waals surface area contributed by atoms with Crippen molar-refractivity contribution >= 4 is 11.7 Å². The van der Waals surface area contributed by atoms with Gasteiger partial charge in [-0.05, 0) is 18.1 Å². The minimum absolute atomic E-state index is 0.0516. The molecule has 0 amide bonds. The molecule has 0 saturated carbocycles. The van der Waals surface area contributed by atoms with Gasteiger partial charge >= 0.3 is 5.97 Å². The standard InChI is InChI=1S/C15H15N2O4/c1-2-21-15(18)11-16-8-6-12(7-9-16)13-4-3-5-14(10-13)17(19)20/h3-10H,2,11H2,1H3/q+1. The summed E-state index contributed by atoms with van der Waals surface area (Å²) >= 11 is 0. The molecular weight excluding hydrogens is 272 g/mol. The van der Waals surface area contributed by atoms with E-state index >= 15 is 0 Å². The number of aromatic nitrogens is 1. The largest absolute Gasteiger partial charge is 0.461 e. The van der Waals surface area contributed by atoms with Gasteiger partial charge in [-0.15, -0.1) is 0 Å². The minimum Gasteiger partial charge on any atom is -0.461 e. The third-order valence-electron chi connectivity index (χ3n) is 2.90. The van der Waals surface area contributed by atoms with Gasteiger partial charge in [-0.1, -0.05) is 12.1 Å². The fourth-order valence-corrected chi connectivity index (χ4v) is 1.91. The molecule has 0 fully saturated rings. The molecule has 0 atom stereocenters. The van der Waals surface area contributed by atoms with E-state index in [2.05, 4.69) is 0 Å². The maximum Gasteiger partial charge on any atom is 0.372 e. The molecule has 2 rings (SSSR count). The predicted octanol–water partition coefficient (Wildman–Crippen LogP) is 2.11. The normalized spacial score (nSPS) is 10.1. The summed E-state index contributed by atoms with van der Waals surface area (Å²) in [5, 5.41) is 10.8. The molecule has 1 aromatic heterocycles. The SMILES string of the molecule is CCOC(=O)C[n+]1ccc(-c2cccc([N+](=O)[O-])c2)cc1. The van der Waals surface area contributed by atoms with E-state index in [0.717, 1.165) is 11.1 Å². The Hall–Kier alpha value is -2.76. The molecule has 0 bridgehead atoms. The van der Waals surface area contributed by atoms with Gasteiger partial charge in [0.15, 0.2) is 12.4 Å². The second kappa shape index (κ2) is 6.60. The van der Waals surface area contributed by atoms with E-state index in [9.17, 15) is 14.9 Å². The Kier molecular flexibility index (Phi) is 4.61. The second-order valence-electron chi connectivity index (χ2n) is 4.37. The highest BCUT2D eigenvalue weighted by Crippen LogP contribution is 2.22. The number of hydrogen-bond acceptors (Lipinski definition) is 4. The van der Waals surface area contributed by atoms with Crippen molar-refractivity contribution in [3.63, 3.8) is 0 Å². The van der Waals surface area contributed by atoms with Crippen molar-refractivity contribution < 1.29 is 19.0 Å². The van der Waals surface area contributed by atoms with Crippen molar-refractivity contribution in [2.45, 2.75) is 13.5 Å². The maximum absolute atomic E-state index is 11.4. The summed E-state index contributed by atoms with van der Waals surface area (Å²) < 4.78 is 6.56. The van der Waals surface area contributed by atoms with Crippen LogP contribution in [-0.4, -0.2) is 17.5 Å². The first kappa shape index (κ1) is 14.6.